The van der Waals surface area contributed by atoms with Gasteiger partial charge in [0, 0.05) is 18.1 Å². The van der Waals surface area contributed by atoms with Crippen molar-refractivity contribution in [3.05, 3.63) is 65.8 Å². The summed E-state index contributed by atoms with van der Waals surface area (Å²) >= 11 is 0. The van der Waals surface area contributed by atoms with E-state index in [2.05, 4.69) is 14.9 Å². The van der Waals surface area contributed by atoms with Crippen molar-refractivity contribution in [3.8, 4) is 22.9 Å². The summed E-state index contributed by atoms with van der Waals surface area (Å²) in [6.45, 7) is 0. The van der Waals surface area contributed by atoms with Gasteiger partial charge >= 0.3 is 11.9 Å². The van der Waals surface area contributed by atoms with E-state index >= 15 is 0 Å². The van der Waals surface area contributed by atoms with E-state index in [1.165, 1.54) is 44.6 Å². The maximum Gasteiger partial charge on any atom is 0.330 e. The Labute approximate surface area is 177 Å². The summed E-state index contributed by atoms with van der Waals surface area (Å²) in [6, 6.07) is 10.5. The Morgan fingerprint density at radius 2 is 1.87 bits per heavy atom. The van der Waals surface area contributed by atoms with Gasteiger partial charge in [0.25, 0.3) is 0 Å². The fourth-order valence-corrected chi connectivity index (χ4v) is 2.56. The summed E-state index contributed by atoms with van der Waals surface area (Å²) < 4.78 is 33.3. The van der Waals surface area contributed by atoms with Crippen molar-refractivity contribution in [2.24, 2.45) is 0 Å². The van der Waals surface area contributed by atoms with Crippen molar-refractivity contribution in [2.75, 3.05) is 14.2 Å². The maximum atomic E-state index is 13.0. The number of carbonyl (C=O) groups is 2. The van der Waals surface area contributed by atoms with E-state index in [0.29, 0.717) is 22.7 Å². The highest BCUT2D eigenvalue weighted by Crippen LogP contribution is 2.29. The van der Waals surface area contributed by atoms with Gasteiger partial charge in [0.1, 0.15) is 5.82 Å². The number of esters is 2. The molecule has 0 atom stereocenters. The first-order valence-corrected chi connectivity index (χ1v) is 9.21. The Balaban J connectivity index is 1.59. The van der Waals surface area contributed by atoms with E-state index in [4.69, 9.17) is 14.0 Å². The SMILES string of the molecule is COC(=O)/C=C/c1ccc(OC(=O)CCc2nc(-c3ccc(F)cc3)no2)c(OC)c1. The first-order chi connectivity index (χ1) is 15.0. The molecular weight excluding hydrogens is 407 g/mol. The van der Waals surface area contributed by atoms with Crippen LogP contribution in [0.3, 0.4) is 0 Å². The molecule has 0 saturated carbocycles. The van der Waals surface area contributed by atoms with Crippen molar-refractivity contribution in [3.63, 3.8) is 0 Å². The molecule has 0 N–H and O–H groups in total. The number of hydrogen-bond donors (Lipinski definition) is 0. The van der Waals surface area contributed by atoms with Crippen LogP contribution >= 0.6 is 0 Å². The van der Waals surface area contributed by atoms with Gasteiger partial charge in [-0.05, 0) is 48.0 Å². The molecule has 160 valence electrons. The standard InChI is InChI=1S/C22H19FN2O6/c1-28-18-13-14(4-11-20(26)29-2)3-9-17(18)30-21(27)12-10-19-24-22(25-31-19)15-5-7-16(23)8-6-15/h3-9,11,13H,10,12H2,1-2H3/b11-4+. The van der Waals surface area contributed by atoms with Gasteiger partial charge in [0.2, 0.25) is 11.7 Å². The number of benzene rings is 2. The van der Waals surface area contributed by atoms with Crippen LogP contribution < -0.4 is 9.47 Å². The number of carbonyl (C=O) groups excluding carboxylic acids is 2. The van der Waals surface area contributed by atoms with Gasteiger partial charge in [0.05, 0.1) is 20.6 Å². The van der Waals surface area contributed by atoms with Crippen LogP contribution in [0.4, 0.5) is 4.39 Å². The Kier molecular flexibility index (Phi) is 7.10. The van der Waals surface area contributed by atoms with Crippen molar-refractivity contribution in [1.82, 2.24) is 10.1 Å². The quantitative estimate of drug-likeness (QED) is 0.306. The second-order valence-electron chi connectivity index (χ2n) is 6.26. The van der Waals surface area contributed by atoms with E-state index in [0.717, 1.165) is 0 Å². The van der Waals surface area contributed by atoms with E-state index in [1.807, 2.05) is 0 Å². The van der Waals surface area contributed by atoms with E-state index < -0.39 is 11.9 Å². The highest BCUT2D eigenvalue weighted by Gasteiger charge is 2.14. The lowest BCUT2D eigenvalue weighted by atomic mass is 10.2. The zero-order valence-corrected chi connectivity index (χ0v) is 16.8. The van der Waals surface area contributed by atoms with Crippen LogP contribution in [0.1, 0.15) is 17.9 Å². The summed E-state index contributed by atoms with van der Waals surface area (Å²) in [5.41, 5.74) is 1.27. The lowest BCUT2D eigenvalue weighted by molar-refractivity contribution is -0.135. The minimum atomic E-state index is -0.516. The lowest BCUT2D eigenvalue weighted by Crippen LogP contribution is -2.10. The van der Waals surface area contributed by atoms with Crippen LogP contribution in [0.25, 0.3) is 17.5 Å². The van der Waals surface area contributed by atoms with Crippen LogP contribution in [0.15, 0.2) is 53.1 Å². The number of methoxy groups -OCH3 is 2. The molecule has 0 radical (unpaired) electrons. The first-order valence-electron chi connectivity index (χ1n) is 9.21. The van der Waals surface area contributed by atoms with Crippen LogP contribution in [0, 0.1) is 5.82 Å². The number of halogens is 1. The number of aromatic nitrogens is 2. The predicted octanol–water partition coefficient (Wildman–Crippen LogP) is 3.61. The number of ether oxygens (including phenoxy) is 3. The number of rotatable bonds is 8. The number of hydrogen-bond acceptors (Lipinski definition) is 8. The van der Waals surface area contributed by atoms with Gasteiger partial charge in [-0.15, -0.1) is 0 Å². The molecule has 0 saturated heterocycles. The smallest absolute Gasteiger partial charge is 0.330 e. The second-order valence-corrected chi connectivity index (χ2v) is 6.26. The van der Waals surface area contributed by atoms with Gasteiger partial charge in [-0.2, -0.15) is 4.98 Å². The monoisotopic (exact) mass is 426 g/mol. The Morgan fingerprint density at radius 1 is 1.10 bits per heavy atom. The maximum absolute atomic E-state index is 13.0. The molecule has 0 aliphatic carbocycles. The Hall–Kier alpha value is -4.01. The van der Waals surface area contributed by atoms with Crippen LogP contribution in [-0.2, 0) is 20.7 Å². The van der Waals surface area contributed by atoms with E-state index in [1.54, 1.807) is 24.3 Å². The molecule has 3 aromatic rings. The van der Waals surface area contributed by atoms with Crippen molar-refractivity contribution in [2.45, 2.75) is 12.8 Å². The molecule has 0 fully saturated rings. The molecule has 2 aromatic carbocycles. The topological polar surface area (TPSA) is 101 Å². The van der Waals surface area contributed by atoms with Crippen LogP contribution in [0.5, 0.6) is 11.5 Å². The highest BCUT2D eigenvalue weighted by atomic mass is 19.1. The number of nitrogens with zero attached hydrogens (tertiary/aromatic N) is 2. The minimum Gasteiger partial charge on any atom is -0.493 e. The largest absolute Gasteiger partial charge is 0.493 e. The second kappa shape index (κ2) is 10.1. The molecule has 0 amide bonds. The first kappa shape index (κ1) is 21.7. The van der Waals surface area contributed by atoms with Crippen molar-refractivity contribution >= 4 is 18.0 Å². The van der Waals surface area contributed by atoms with Crippen LogP contribution in [0.2, 0.25) is 0 Å². The molecule has 3 rings (SSSR count). The molecule has 8 nitrogen and oxygen atoms in total. The normalized spacial score (nSPS) is 10.8. The third kappa shape index (κ3) is 5.99. The zero-order valence-electron chi connectivity index (χ0n) is 16.8. The molecule has 9 heteroatoms. The molecule has 31 heavy (non-hydrogen) atoms. The molecule has 1 heterocycles. The molecule has 0 unspecified atom stereocenters. The summed E-state index contributed by atoms with van der Waals surface area (Å²) in [5, 5.41) is 3.83. The van der Waals surface area contributed by atoms with Crippen molar-refractivity contribution < 1.29 is 32.7 Å². The zero-order chi connectivity index (χ0) is 22.2. The molecule has 1 aromatic heterocycles. The summed E-state index contributed by atoms with van der Waals surface area (Å²) in [6.07, 6.45) is 2.99. The van der Waals surface area contributed by atoms with Gasteiger partial charge in [0.15, 0.2) is 11.5 Å². The number of aryl methyl sites for hydroxylation is 1. The average Bonchev–Trinajstić information content (AvgIpc) is 3.26. The molecule has 0 aliphatic rings. The van der Waals surface area contributed by atoms with Gasteiger partial charge < -0.3 is 18.7 Å². The Bertz CT molecular complexity index is 1090. The lowest BCUT2D eigenvalue weighted by Gasteiger charge is -2.09. The fourth-order valence-electron chi connectivity index (χ4n) is 2.56. The summed E-state index contributed by atoms with van der Waals surface area (Å²) in [5.74, 6) is -0.238. The third-order valence-corrected chi connectivity index (χ3v) is 4.14. The van der Waals surface area contributed by atoms with E-state index in [9.17, 15) is 14.0 Å². The summed E-state index contributed by atoms with van der Waals surface area (Å²) in [7, 11) is 2.73. The third-order valence-electron chi connectivity index (χ3n) is 4.14. The molecular formula is C22H19FN2O6. The van der Waals surface area contributed by atoms with Gasteiger partial charge in [-0.1, -0.05) is 11.2 Å². The average molecular weight is 426 g/mol. The van der Waals surface area contributed by atoms with Crippen LogP contribution in [-0.4, -0.2) is 36.3 Å². The Morgan fingerprint density at radius 3 is 2.58 bits per heavy atom. The van der Waals surface area contributed by atoms with Crippen molar-refractivity contribution in [1.29, 1.82) is 0 Å². The molecule has 0 spiro atoms. The van der Waals surface area contributed by atoms with E-state index in [-0.39, 0.29) is 30.3 Å². The minimum absolute atomic E-state index is 0.00179. The molecule has 0 bridgehead atoms. The fraction of sp³-hybridized carbons (Fsp3) is 0.182. The molecule has 0 aliphatic heterocycles. The summed E-state index contributed by atoms with van der Waals surface area (Å²) in [4.78, 5) is 27.6. The predicted molar refractivity (Wildman–Crippen MR) is 108 cm³/mol. The van der Waals surface area contributed by atoms with Gasteiger partial charge in [-0.3, -0.25) is 4.79 Å². The highest BCUT2D eigenvalue weighted by molar-refractivity contribution is 5.87. The van der Waals surface area contributed by atoms with Gasteiger partial charge in [-0.25, -0.2) is 9.18 Å².